The van der Waals surface area contributed by atoms with Gasteiger partial charge < -0.3 is 20.8 Å². The van der Waals surface area contributed by atoms with E-state index in [0.717, 1.165) is 9.37 Å². The second-order valence-electron chi connectivity index (χ2n) is 4.43. The number of nitrogens with two attached hydrogens (primary N) is 1. The van der Waals surface area contributed by atoms with Gasteiger partial charge in [0.15, 0.2) is 0 Å². The van der Waals surface area contributed by atoms with Crippen LogP contribution in [0, 0.1) is 0 Å². The highest BCUT2D eigenvalue weighted by molar-refractivity contribution is 9.10. The number of aliphatic hydroxyl groups excluding tert-OH is 1. The minimum absolute atomic E-state index is 0.00526. The van der Waals surface area contributed by atoms with Crippen molar-refractivity contribution in [2.45, 2.75) is 18.6 Å². The van der Waals surface area contributed by atoms with Crippen LogP contribution in [-0.4, -0.2) is 45.7 Å². The molecule has 1 aromatic rings. The smallest absolute Gasteiger partial charge is 0.326 e. The summed E-state index contributed by atoms with van der Waals surface area (Å²) in [5.74, 6) is -1.60. The van der Waals surface area contributed by atoms with Gasteiger partial charge in [-0.05, 0) is 18.2 Å². The molecule has 2 atom stereocenters. The summed E-state index contributed by atoms with van der Waals surface area (Å²) >= 11 is 3.23. The normalized spacial score (nSPS) is 22.5. The fourth-order valence-electron chi connectivity index (χ4n) is 2.16. The number of aliphatic carboxylic acids is 1. The van der Waals surface area contributed by atoms with Gasteiger partial charge in [0.25, 0.3) is 5.91 Å². The zero-order valence-electron chi connectivity index (χ0n) is 9.91. The van der Waals surface area contributed by atoms with Crippen LogP contribution in [-0.2, 0) is 4.79 Å². The first kappa shape index (κ1) is 13.8. The number of carbonyl (C=O) groups excluding carboxylic acids is 1. The lowest BCUT2D eigenvalue weighted by molar-refractivity contribution is -0.141. The third-order valence-corrected chi connectivity index (χ3v) is 3.56. The van der Waals surface area contributed by atoms with Crippen molar-refractivity contribution >= 4 is 33.5 Å². The molecule has 102 valence electrons. The lowest BCUT2D eigenvalue weighted by atomic mass is 10.1. The molecule has 0 aliphatic carbocycles. The maximum absolute atomic E-state index is 12.3. The summed E-state index contributed by atoms with van der Waals surface area (Å²) in [6.45, 7) is 0.00526. The van der Waals surface area contributed by atoms with Gasteiger partial charge in [-0.2, -0.15) is 0 Å². The van der Waals surface area contributed by atoms with Crippen LogP contribution in [0.2, 0.25) is 0 Å². The highest BCUT2D eigenvalue weighted by atomic mass is 79.9. The predicted molar refractivity (Wildman–Crippen MR) is 71.6 cm³/mol. The first-order valence-corrected chi connectivity index (χ1v) is 6.46. The summed E-state index contributed by atoms with van der Waals surface area (Å²) in [6, 6.07) is 3.76. The van der Waals surface area contributed by atoms with E-state index in [-0.39, 0.29) is 24.2 Å². The summed E-state index contributed by atoms with van der Waals surface area (Å²) in [5, 5.41) is 18.6. The van der Waals surface area contributed by atoms with Crippen molar-refractivity contribution in [3.8, 4) is 0 Å². The number of β-amino-alcohol motifs (C(OH)–C–C–N with tert-alkyl or cyclic N) is 1. The van der Waals surface area contributed by atoms with Gasteiger partial charge in [-0.25, -0.2) is 4.79 Å². The van der Waals surface area contributed by atoms with E-state index >= 15 is 0 Å². The largest absolute Gasteiger partial charge is 0.480 e. The van der Waals surface area contributed by atoms with Gasteiger partial charge in [0.05, 0.1) is 11.7 Å². The molecule has 1 saturated heterocycles. The Hall–Kier alpha value is -1.60. The molecule has 0 saturated carbocycles. The lowest BCUT2D eigenvalue weighted by Gasteiger charge is -2.21. The summed E-state index contributed by atoms with van der Waals surface area (Å²) in [6.07, 6.45) is -0.779. The van der Waals surface area contributed by atoms with Crippen molar-refractivity contribution in [2.75, 3.05) is 12.3 Å². The number of nitrogens with zero attached hydrogens (tertiary/aromatic N) is 1. The second-order valence-corrected chi connectivity index (χ2v) is 5.35. The molecule has 1 heterocycles. The average Bonchev–Trinajstić information content (AvgIpc) is 2.70. The van der Waals surface area contributed by atoms with Crippen molar-refractivity contribution < 1.29 is 19.8 Å². The van der Waals surface area contributed by atoms with E-state index in [0.29, 0.717) is 0 Å². The third-order valence-electron chi connectivity index (χ3n) is 3.07. The Labute approximate surface area is 117 Å². The standard InChI is InChI=1S/C12H13BrN2O4/c13-6-1-2-8(9(14)3-6)11(17)15-5-7(16)4-10(15)12(18)19/h1-3,7,10,16H,4-5,14H2,(H,18,19)/t7-,10-/m0/s1. The van der Waals surface area contributed by atoms with Crippen molar-refractivity contribution in [1.82, 2.24) is 4.90 Å². The molecule has 7 heteroatoms. The van der Waals surface area contributed by atoms with Gasteiger partial charge in [0.2, 0.25) is 0 Å². The highest BCUT2D eigenvalue weighted by Crippen LogP contribution is 2.25. The summed E-state index contributed by atoms with van der Waals surface area (Å²) in [5.41, 5.74) is 6.27. The SMILES string of the molecule is Nc1cc(Br)ccc1C(=O)N1C[C@@H](O)C[C@H]1C(=O)O. The molecule has 1 aromatic carbocycles. The third kappa shape index (κ3) is 2.71. The van der Waals surface area contributed by atoms with Gasteiger partial charge >= 0.3 is 5.97 Å². The Morgan fingerprint density at radius 2 is 2.11 bits per heavy atom. The zero-order chi connectivity index (χ0) is 14.2. The number of hydrogen-bond acceptors (Lipinski definition) is 4. The van der Waals surface area contributed by atoms with Crippen molar-refractivity contribution in [3.63, 3.8) is 0 Å². The van der Waals surface area contributed by atoms with Crippen LogP contribution < -0.4 is 5.73 Å². The van der Waals surface area contributed by atoms with Crippen molar-refractivity contribution in [2.24, 2.45) is 0 Å². The molecular weight excluding hydrogens is 316 g/mol. The molecule has 1 fully saturated rings. The topological polar surface area (TPSA) is 104 Å². The van der Waals surface area contributed by atoms with Gasteiger partial charge in [0.1, 0.15) is 6.04 Å². The first-order chi connectivity index (χ1) is 8.90. The number of hydrogen-bond donors (Lipinski definition) is 3. The van der Waals surface area contributed by atoms with Crippen LogP contribution in [0.15, 0.2) is 22.7 Å². The minimum atomic E-state index is -1.12. The summed E-state index contributed by atoms with van der Waals surface area (Å²) in [7, 11) is 0. The maximum Gasteiger partial charge on any atom is 0.326 e. The number of benzene rings is 1. The molecule has 4 N–H and O–H groups in total. The number of amides is 1. The molecule has 0 aromatic heterocycles. The Bertz CT molecular complexity index is 534. The Kier molecular flexibility index (Phi) is 3.77. The molecule has 1 amide bonds. The molecule has 2 rings (SSSR count). The Morgan fingerprint density at radius 1 is 1.42 bits per heavy atom. The van der Waals surface area contributed by atoms with Gasteiger partial charge in [0, 0.05) is 23.1 Å². The highest BCUT2D eigenvalue weighted by Gasteiger charge is 2.39. The molecular formula is C12H13BrN2O4. The van der Waals surface area contributed by atoms with Crippen LogP contribution in [0.1, 0.15) is 16.8 Å². The van der Waals surface area contributed by atoms with E-state index < -0.39 is 24.0 Å². The number of carbonyl (C=O) groups is 2. The maximum atomic E-state index is 12.3. The number of carboxylic acids is 1. The quantitative estimate of drug-likeness (QED) is 0.693. The number of anilines is 1. The Morgan fingerprint density at radius 3 is 2.68 bits per heavy atom. The van der Waals surface area contributed by atoms with Gasteiger partial charge in [-0.1, -0.05) is 15.9 Å². The second kappa shape index (κ2) is 5.18. The van der Waals surface area contributed by atoms with Crippen LogP contribution in [0.3, 0.4) is 0 Å². The number of likely N-dealkylation sites (tertiary alicyclic amines) is 1. The van der Waals surface area contributed by atoms with E-state index in [2.05, 4.69) is 15.9 Å². The zero-order valence-corrected chi connectivity index (χ0v) is 11.5. The summed E-state index contributed by atoms with van der Waals surface area (Å²) < 4.78 is 0.734. The van der Waals surface area contributed by atoms with Gasteiger partial charge in [-0.3, -0.25) is 4.79 Å². The first-order valence-electron chi connectivity index (χ1n) is 5.67. The molecule has 0 unspecified atom stereocenters. The average molecular weight is 329 g/mol. The number of nitrogen functional groups attached to an aromatic ring is 1. The van der Waals surface area contributed by atoms with E-state index in [1.165, 1.54) is 6.07 Å². The molecule has 0 spiro atoms. The van der Waals surface area contributed by atoms with E-state index in [4.69, 9.17) is 10.8 Å². The Balaban J connectivity index is 2.30. The molecule has 0 bridgehead atoms. The van der Waals surface area contributed by atoms with Crippen LogP contribution in [0.4, 0.5) is 5.69 Å². The number of rotatable bonds is 2. The van der Waals surface area contributed by atoms with Crippen molar-refractivity contribution in [3.05, 3.63) is 28.2 Å². The van der Waals surface area contributed by atoms with Crippen LogP contribution in [0.25, 0.3) is 0 Å². The van der Waals surface area contributed by atoms with Gasteiger partial charge in [-0.15, -0.1) is 0 Å². The number of halogens is 1. The minimum Gasteiger partial charge on any atom is -0.480 e. The fourth-order valence-corrected chi connectivity index (χ4v) is 2.53. The lowest BCUT2D eigenvalue weighted by Crippen LogP contribution is -2.40. The van der Waals surface area contributed by atoms with E-state index in [9.17, 15) is 14.7 Å². The molecule has 0 radical (unpaired) electrons. The molecule has 1 aliphatic rings. The fraction of sp³-hybridized carbons (Fsp3) is 0.333. The molecule has 1 aliphatic heterocycles. The van der Waals surface area contributed by atoms with Crippen LogP contribution >= 0.6 is 15.9 Å². The molecule has 19 heavy (non-hydrogen) atoms. The monoisotopic (exact) mass is 328 g/mol. The van der Waals surface area contributed by atoms with E-state index in [1.807, 2.05) is 0 Å². The number of aliphatic hydroxyl groups is 1. The predicted octanol–water partition coefficient (Wildman–Crippen LogP) is 0.691. The molecule has 6 nitrogen and oxygen atoms in total. The van der Waals surface area contributed by atoms with E-state index in [1.54, 1.807) is 12.1 Å². The number of carboxylic acid groups (broad SMARTS) is 1. The van der Waals surface area contributed by atoms with Crippen molar-refractivity contribution in [1.29, 1.82) is 0 Å². The summed E-state index contributed by atoms with van der Waals surface area (Å²) in [4.78, 5) is 24.5. The van der Waals surface area contributed by atoms with Crippen LogP contribution in [0.5, 0.6) is 0 Å².